The number of ketones is 1. The highest BCUT2D eigenvalue weighted by molar-refractivity contribution is 7.21. The van der Waals surface area contributed by atoms with E-state index in [0.29, 0.717) is 15.4 Å². The lowest BCUT2D eigenvalue weighted by Gasteiger charge is -2.10. The fourth-order valence-electron chi connectivity index (χ4n) is 4.10. The molecule has 168 valence electrons. The number of aryl methyl sites for hydroxylation is 2. The summed E-state index contributed by atoms with van der Waals surface area (Å²) in [6.45, 7) is 3.88. The molecule has 0 bridgehead atoms. The van der Waals surface area contributed by atoms with Crippen molar-refractivity contribution in [3.8, 4) is 27.4 Å². The number of aromatic carboxylic acids is 1. The molecule has 5 aromatic rings. The smallest absolute Gasteiger partial charge is 0.355 e. The molecule has 7 heteroatoms. The number of thiazole rings is 1. The molecule has 0 aliphatic carbocycles. The first-order valence-electron chi connectivity index (χ1n) is 10.5. The Kier molecular flexibility index (Phi) is 5.51. The van der Waals surface area contributed by atoms with E-state index in [9.17, 15) is 14.7 Å². The molecule has 0 aliphatic heterocycles. The molecule has 5 rings (SSSR count). The van der Waals surface area contributed by atoms with E-state index in [1.165, 1.54) is 28.1 Å². The lowest BCUT2D eigenvalue weighted by Crippen LogP contribution is -2.05. The summed E-state index contributed by atoms with van der Waals surface area (Å²) in [6.07, 6.45) is 0. The molecule has 0 fully saturated rings. The Morgan fingerprint density at radius 3 is 2.24 bits per heavy atom. The number of nitrogens with zero attached hydrogens (tertiary/aromatic N) is 1. The number of carbonyl (C=O) groups is 2. The standard InChI is InChI=1S/C27H19NO4S2/c1-14-4-3-5-15(2)22(14)24(30)25-23(19-11-10-18(29)12-21(19)34-25)16-6-8-17(9-7-16)26-28-20(13-33-26)27(31)32/h3-13,29H,1-2H3,(H,31,32). The molecule has 0 saturated carbocycles. The third kappa shape index (κ3) is 3.79. The van der Waals surface area contributed by atoms with Crippen LogP contribution in [0.15, 0.2) is 66.0 Å². The Morgan fingerprint density at radius 2 is 1.59 bits per heavy atom. The molecule has 34 heavy (non-hydrogen) atoms. The number of benzene rings is 3. The van der Waals surface area contributed by atoms with Crippen molar-refractivity contribution in [2.45, 2.75) is 13.8 Å². The van der Waals surface area contributed by atoms with E-state index in [0.717, 1.165) is 37.9 Å². The average Bonchev–Trinajstić information content (AvgIpc) is 3.44. The van der Waals surface area contributed by atoms with Gasteiger partial charge in [0, 0.05) is 32.2 Å². The van der Waals surface area contributed by atoms with Crippen LogP contribution in [0.25, 0.3) is 31.8 Å². The molecule has 5 nitrogen and oxygen atoms in total. The van der Waals surface area contributed by atoms with Gasteiger partial charge in [-0.1, -0.05) is 42.5 Å². The fourth-order valence-corrected chi connectivity index (χ4v) is 6.11. The van der Waals surface area contributed by atoms with E-state index in [2.05, 4.69) is 4.98 Å². The maximum absolute atomic E-state index is 13.8. The molecule has 0 aliphatic rings. The van der Waals surface area contributed by atoms with Gasteiger partial charge in [-0.15, -0.1) is 22.7 Å². The fraction of sp³-hybridized carbons (Fsp3) is 0.0741. The van der Waals surface area contributed by atoms with Crippen LogP contribution >= 0.6 is 22.7 Å². The summed E-state index contributed by atoms with van der Waals surface area (Å²) >= 11 is 2.65. The van der Waals surface area contributed by atoms with Gasteiger partial charge in [0.2, 0.25) is 5.78 Å². The molecule has 0 unspecified atom stereocenters. The number of thiophene rings is 1. The lowest BCUT2D eigenvalue weighted by molar-refractivity contribution is 0.0691. The number of hydrogen-bond acceptors (Lipinski definition) is 6. The number of phenols is 1. The highest BCUT2D eigenvalue weighted by Crippen LogP contribution is 2.42. The minimum Gasteiger partial charge on any atom is -0.508 e. The third-order valence-corrected chi connectivity index (χ3v) is 7.77. The van der Waals surface area contributed by atoms with Gasteiger partial charge in [-0.3, -0.25) is 4.79 Å². The Hall–Kier alpha value is -3.81. The predicted octanol–water partition coefficient (Wildman–Crippen LogP) is 6.94. The molecule has 0 spiro atoms. The van der Waals surface area contributed by atoms with Crippen molar-refractivity contribution < 1.29 is 19.8 Å². The van der Waals surface area contributed by atoms with Crippen LogP contribution in [0.3, 0.4) is 0 Å². The van der Waals surface area contributed by atoms with Crippen molar-refractivity contribution in [3.05, 3.63) is 93.3 Å². The molecular formula is C27H19NO4S2. The number of rotatable bonds is 5. The Bertz CT molecular complexity index is 1560. The molecule has 2 aromatic heterocycles. The van der Waals surface area contributed by atoms with Gasteiger partial charge >= 0.3 is 5.97 Å². The summed E-state index contributed by atoms with van der Waals surface area (Å²) < 4.78 is 0.833. The van der Waals surface area contributed by atoms with Gasteiger partial charge in [-0.25, -0.2) is 9.78 Å². The molecule has 3 aromatic carbocycles. The van der Waals surface area contributed by atoms with Gasteiger partial charge in [0.15, 0.2) is 5.69 Å². The van der Waals surface area contributed by atoms with E-state index in [1.54, 1.807) is 12.1 Å². The molecule has 2 N–H and O–H groups in total. The van der Waals surface area contributed by atoms with Crippen LogP contribution in [0, 0.1) is 13.8 Å². The van der Waals surface area contributed by atoms with Gasteiger partial charge in [0.05, 0.1) is 4.88 Å². The van der Waals surface area contributed by atoms with Crippen LogP contribution in [0.2, 0.25) is 0 Å². The summed E-state index contributed by atoms with van der Waals surface area (Å²) in [4.78, 5) is 29.7. The van der Waals surface area contributed by atoms with Crippen molar-refractivity contribution in [1.29, 1.82) is 0 Å². The summed E-state index contributed by atoms with van der Waals surface area (Å²) in [6, 6.07) is 18.6. The maximum atomic E-state index is 13.8. The van der Waals surface area contributed by atoms with Gasteiger partial charge in [0.25, 0.3) is 0 Å². The third-order valence-electron chi connectivity index (χ3n) is 5.73. The monoisotopic (exact) mass is 485 g/mol. The van der Waals surface area contributed by atoms with E-state index in [4.69, 9.17) is 5.11 Å². The highest BCUT2D eigenvalue weighted by atomic mass is 32.1. The van der Waals surface area contributed by atoms with Gasteiger partial charge in [-0.2, -0.15) is 0 Å². The van der Waals surface area contributed by atoms with E-state index in [1.807, 2.05) is 62.4 Å². The number of phenolic OH excluding ortho intramolecular Hbond substituents is 1. The molecule has 0 amide bonds. The van der Waals surface area contributed by atoms with E-state index >= 15 is 0 Å². The second-order valence-corrected chi connectivity index (χ2v) is 9.91. The van der Waals surface area contributed by atoms with Crippen LogP contribution in [0.5, 0.6) is 5.75 Å². The van der Waals surface area contributed by atoms with Crippen molar-refractivity contribution >= 4 is 44.5 Å². The first-order chi connectivity index (χ1) is 16.3. The molecule has 0 saturated heterocycles. The zero-order valence-corrected chi connectivity index (χ0v) is 20.0. The first-order valence-corrected chi connectivity index (χ1v) is 12.2. The Morgan fingerprint density at radius 1 is 0.912 bits per heavy atom. The number of aromatic hydroxyl groups is 1. The number of hydrogen-bond donors (Lipinski definition) is 2. The van der Waals surface area contributed by atoms with Crippen molar-refractivity contribution in [1.82, 2.24) is 4.98 Å². The minimum absolute atomic E-state index is 0.0224. The van der Waals surface area contributed by atoms with Crippen molar-refractivity contribution in [2.75, 3.05) is 0 Å². The number of carboxylic acid groups (broad SMARTS) is 1. The van der Waals surface area contributed by atoms with Crippen molar-refractivity contribution in [2.24, 2.45) is 0 Å². The highest BCUT2D eigenvalue weighted by Gasteiger charge is 2.23. The van der Waals surface area contributed by atoms with Crippen LogP contribution in [-0.4, -0.2) is 26.9 Å². The summed E-state index contributed by atoms with van der Waals surface area (Å²) in [5, 5.41) is 22.2. The zero-order valence-electron chi connectivity index (χ0n) is 18.3. The SMILES string of the molecule is Cc1cccc(C)c1C(=O)c1sc2cc(O)ccc2c1-c1ccc(-c2nc(C(=O)O)cs2)cc1. The Labute approximate surface area is 203 Å². The lowest BCUT2D eigenvalue weighted by atomic mass is 9.93. The second-order valence-electron chi connectivity index (χ2n) is 8.00. The zero-order chi connectivity index (χ0) is 24.0. The number of carbonyl (C=O) groups excluding carboxylic acids is 1. The normalized spacial score (nSPS) is 11.1. The predicted molar refractivity (Wildman–Crippen MR) is 136 cm³/mol. The Balaban J connectivity index is 1.65. The van der Waals surface area contributed by atoms with Crippen LogP contribution in [0.1, 0.15) is 36.9 Å². The topological polar surface area (TPSA) is 87.5 Å². The van der Waals surface area contributed by atoms with Crippen LogP contribution in [0.4, 0.5) is 0 Å². The summed E-state index contributed by atoms with van der Waals surface area (Å²) in [7, 11) is 0. The van der Waals surface area contributed by atoms with E-state index < -0.39 is 5.97 Å². The van der Waals surface area contributed by atoms with Crippen LogP contribution < -0.4 is 0 Å². The molecule has 0 atom stereocenters. The van der Waals surface area contributed by atoms with Crippen molar-refractivity contribution in [3.63, 3.8) is 0 Å². The summed E-state index contributed by atoms with van der Waals surface area (Å²) in [5.74, 6) is -0.942. The number of carboxylic acids is 1. The quantitative estimate of drug-likeness (QED) is 0.263. The van der Waals surface area contributed by atoms with Gasteiger partial charge in [-0.05, 0) is 48.7 Å². The molecular weight excluding hydrogens is 466 g/mol. The van der Waals surface area contributed by atoms with E-state index in [-0.39, 0.29) is 17.2 Å². The second kappa shape index (κ2) is 8.52. The van der Waals surface area contributed by atoms with Gasteiger partial charge < -0.3 is 10.2 Å². The number of aromatic nitrogens is 1. The minimum atomic E-state index is -1.05. The first kappa shape index (κ1) is 22.0. The van der Waals surface area contributed by atoms with Gasteiger partial charge in [0.1, 0.15) is 10.8 Å². The maximum Gasteiger partial charge on any atom is 0.355 e. The largest absolute Gasteiger partial charge is 0.508 e. The van der Waals surface area contributed by atoms with Crippen LogP contribution in [-0.2, 0) is 0 Å². The molecule has 0 radical (unpaired) electrons. The average molecular weight is 486 g/mol. The number of fused-ring (bicyclic) bond motifs is 1. The molecule has 2 heterocycles. The summed E-state index contributed by atoms with van der Waals surface area (Å²) in [5.41, 5.74) is 5.06.